The smallest absolute Gasteiger partial charge is 0.325 e. The number of rotatable bonds is 6. The molecule has 9 heteroatoms. The summed E-state index contributed by atoms with van der Waals surface area (Å²) in [6.07, 6.45) is 0. The summed E-state index contributed by atoms with van der Waals surface area (Å²) in [4.78, 5) is 35.1. The molecule has 2 rings (SSSR count). The van der Waals surface area contributed by atoms with Gasteiger partial charge in [-0.2, -0.15) is 0 Å². The highest BCUT2D eigenvalue weighted by atomic mass is 35.5. The van der Waals surface area contributed by atoms with Gasteiger partial charge in [-0.15, -0.1) is 0 Å². The van der Waals surface area contributed by atoms with Crippen LogP contribution in [0.4, 0.5) is 10.1 Å². The zero-order valence-corrected chi connectivity index (χ0v) is 14.7. The molecule has 2 aromatic rings. The Balaban J connectivity index is 1.74. The number of hydrogen-bond donors (Lipinski definition) is 2. The molecule has 0 atom stereocenters. The first-order valence-electron chi connectivity index (χ1n) is 7.29. The first-order valence-corrected chi connectivity index (χ1v) is 8.05. The van der Waals surface area contributed by atoms with Crippen LogP contribution < -0.4 is 10.6 Å². The van der Waals surface area contributed by atoms with E-state index in [-0.39, 0.29) is 10.6 Å². The zero-order chi connectivity index (χ0) is 19.1. The lowest BCUT2D eigenvalue weighted by Gasteiger charge is -2.09. The minimum Gasteiger partial charge on any atom is -0.454 e. The van der Waals surface area contributed by atoms with Gasteiger partial charge in [0.05, 0.1) is 10.7 Å². The fourth-order valence-corrected chi connectivity index (χ4v) is 2.29. The third kappa shape index (κ3) is 6.02. The van der Waals surface area contributed by atoms with Crippen LogP contribution in [-0.2, 0) is 14.3 Å². The van der Waals surface area contributed by atoms with E-state index in [1.54, 1.807) is 6.07 Å². The Morgan fingerprint density at radius 2 is 1.73 bits per heavy atom. The Hall–Kier alpha value is -2.64. The molecule has 6 nitrogen and oxygen atoms in total. The summed E-state index contributed by atoms with van der Waals surface area (Å²) in [6.45, 7) is -0.991. The molecular weight excluding hydrogens is 386 g/mol. The van der Waals surface area contributed by atoms with Crippen molar-refractivity contribution in [3.05, 3.63) is 63.9 Å². The van der Waals surface area contributed by atoms with Gasteiger partial charge < -0.3 is 15.4 Å². The van der Waals surface area contributed by atoms with Gasteiger partial charge in [0.2, 0.25) is 0 Å². The summed E-state index contributed by atoms with van der Waals surface area (Å²) in [5.74, 6) is -2.46. The molecular formula is C17H13Cl2FN2O4. The molecule has 0 spiro atoms. The van der Waals surface area contributed by atoms with Crippen LogP contribution in [0.15, 0.2) is 42.5 Å². The van der Waals surface area contributed by atoms with Gasteiger partial charge in [0.25, 0.3) is 11.8 Å². The lowest BCUT2D eigenvalue weighted by atomic mass is 10.2. The largest absolute Gasteiger partial charge is 0.454 e. The summed E-state index contributed by atoms with van der Waals surface area (Å²) in [5.41, 5.74) is 0.510. The van der Waals surface area contributed by atoms with Gasteiger partial charge in [-0.05, 0) is 42.5 Å². The number of carbonyl (C=O) groups is 3. The van der Waals surface area contributed by atoms with Gasteiger partial charge in [0.15, 0.2) is 6.61 Å². The van der Waals surface area contributed by atoms with E-state index in [4.69, 9.17) is 27.9 Å². The van der Waals surface area contributed by atoms with Gasteiger partial charge in [-0.3, -0.25) is 14.4 Å². The van der Waals surface area contributed by atoms with Crippen LogP contribution in [0, 0.1) is 5.82 Å². The maximum Gasteiger partial charge on any atom is 0.325 e. The van der Waals surface area contributed by atoms with Gasteiger partial charge in [-0.1, -0.05) is 23.2 Å². The van der Waals surface area contributed by atoms with Gasteiger partial charge in [0.1, 0.15) is 12.4 Å². The number of benzene rings is 2. The summed E-state index contributed by atoms with van der Waals surface area (Å²) >= 11 is 11.7. The van der Waals surface area contributed by atoms with Gasteiger partial charge in [0, 0.05) is 10.6 Å². The van der Waals surface area contributed by atoms with Crippen LogP contribution in [-0.4, -0.2) is 30.9 Å². The minimum atomic E-state index is -0.808. The van der Waals surface area contributed by atoms with E-state index in [9.17, 15) is 18.8 Å². The third-order valence-electron chi connectivity index (χ3n) is 3.07. The topological polar surface area (TPSA) is 84.5 Å². The van der Waals surface area contributed by atoms with Gasteiger partial charge in [-0.25, -0.2) is 4.39 Å². The van der Waals surface area contributed by atoms with E-state index in [1.165, 1.54) is 24.3 Å². The quantitative estimate of drug-likeness (QED) is 0.732. The van der Waals surface area contributed by atoms with E-state index in [2.05, 4.69) is 10.6 Å². The van der Waals surface area contributed by atoms with E-state index < -0.39 is 36.8 Å². The first-order chi connectivity index (χ1) is 12.3. The van der Waals surface area contributed by atoms with Crippen molar-refractivity contribution in [1.82, 2.24) is 5.32 Å². The maximum atomic E-state index is 12.8. The van der Waals surface area contributed by atoms with E-state index in [0.717, 1.165) is 12.1 Å². The van der Waals surface area contributed by atoms with Crippen LogP contribution in [0.2, 0.25) is 10.0 Å². The molecule has 0 heterocycles. The molecule has 0 radical (unpaired) electrons. The number of halogens is 3. The van der Waals surface area contributed by atoms with Crippen molar-refractivity contribution < 1.29 is 23.5 Å². The SMILES string of the molecule is O=C(COC(=O)CNC(=O)c1ccc(F)cc1)Nc1ccc(Cl)cc1Cl. The molecule has 0 aliphatic heterocycles. The zero-order valence-electron chi connectivity index (χ0n) is 13.2. The molecule has 0 saturated carbocycles. The number of nitrogens with one attached hydrogen (secondary N) is 2. The van der Waals surface area contributed by atoms with Crippen molar-refractivity contribution in [2.75, 3.05) is 18.5 Å². The van der Waals surface area contributed by atoms with Crippen LogP contribution in [0.3, 0.4) is 0 Å². The number of carbonyl (C=O) groups excluding carboxylic acids is 3. The molecule has 2 aromatic carbocycles. The molecule has 2 amide bonds. The minimum absolute atomic E-state index is 0.189. The first kappa shape index (κ1) is 19.7. The molecule has 0 fully saturated rings. The van der Waals surface area contributed by atoms with Crippen molar-refractivity contribution in [3.8, 4) is 0 Å². The van der Waals surface area contributed by atoms with Crippen LogP contribution >= 0.6 is 23.2 Å². The number of hydrogen-bond acceptors (Lipinski definition) is 4. The Morgan fingerprint density at radius 1 is 1.04 bits per heavy atom. The Bertz CT molecular complexity index is 828. The van der Waals surface area contributed by atoms with Crippen molar-refractivity contribution in [2.24, 2.45) is 0 Å². The average Bonchev–Trinajstić information content (AvgIpc) is 2.61. The van der Waals surface area contributed by atoms with E-state index in [1.807, 2.05) is 0 Å². The third-order valence-corrected chi connectivity index (χ3v) is 3.62. The molecule has 0 saturated heterocycles. The van der Waals surface area contributed by atoms with Crippen molar-refractivity contribution >= 4 is 46.7 Å². The number of ether oxygens (including phenoxy) is 1. The Labute approximate surface area is 158 Å². The highest BCUT2D eigenvalue weighted by molar-refractivity contribution is 6.36. The normalized spacial score (nSPS) is 10.1. The molecule has 0 bridgehead atoms. The van der Waals surface area contributed by atoms with Gasteiger partial charge >= 0.3 is 5.97 Å². The van der Waals surface area contributed by atoms with Crippen LogP contribution in [0.25, 0.3) is 0 Å². The predicted molar refractivity (Wildman–Crippen MR) is 94.8 cm³/mol. The fraction of sp³-hybridized carbons (Fsp3) is 0.118. The molecule has 0 aliphatic rings. The second kappa shape index (κ2) is 9.17. The highest BCUT2D eigenvalue weighted by Crippen LogP contribution is 2.25. The summed E-state index contributed by atoms with van der Waals surface area (Å²) in [5, 5.41) is 5.42. The molecule has 0 aliphatic carbocycles. The second-order valence-electron chi connectivity index (χ2n) is 5.02. The fourth-order valence-electron chi connectivity index (χ4n) is 1.83. The average molecular weight is 399 g/mol. The summed E-state index contributed by atoms with van der Waals surface area (Å²) in [7, 11) is 0. The summed E-state index contributed by atoms with van der Waals surface area (Å²) in [6, 6.07) is 9.31. The summed E-state index contributed by atoms with van der Waals surface area (Å²) < 4.78 is 17.5. The van der Waals surface area contributed by atoms with E-state index >= 15 is 0 Å². The number of amides is 2. The number of anilines is 1. The molecule has 0 unspecified atom stereocenters. The molecule has 26 heavy (non-hydrogen) atoms. The molecule has 2 N–H and O–H groups in total. The monoisotopic (exact) mass is 398 g/mol. The predicted octanol–water partition coefficient (Wildman–Crippen LogP) is 3.04. The molecule has 0 aromatic heterocycles. The van der Waals surface area contributed by atoms with E-state index in [0.29, 0.717) is 10.7 Å². The second-order valence-corrected chi connectivity index (χ2v) is 5.87. The van der Waals surface area contributed by atoms with Crippen molar-refractivity contribution in [3.63, 3.8) is 0 Å². The standard InChI is InChI=1S/C17H13Cl2FN2O4/c18-11-3-6-14(13(19)7-11)22-15(23)9-26-16(24)8-21-17(25)10-1-4-12(20)5-2-10/h1-7H,8-9H2,(H,21,25)(H,22,23). The molecule has 136 valence electrons. The lowest BCUT2D eigenvalue weighted by molar-refractivity contribution is -0.146. The lowest BCUT2D eigenvalue weighted by Crippen LogP contribution is -2.32. The van der Waals surface area contributed by atoms with Crippen molar-refractivity contribution in [1.29, 1.82) is 0 Å². The Kier molecular flexibility index (Phi) is 6.94. The highest BCUT2D eigenvalue weighted by Gasteiger charge is 2.12. The van der Waals surface area contributed by atoms with Crippen molar-refractivity contribution in [2.45, 2.75) is 0 Å². The number of esters is 1. The maximum absolute atomic E-state index is 12.8. The van der Waals surface area contributed by atoms with Crippen LogP contribution in [0.1, 0.15) is 10.4 Å². The van der Waals surface area contributed by atoms with Crippen LogP contribution in [0.5, 0.6) is 0 Å². The Morgan fingerprint density at radius 3 is 2.38 bits per heavy atom.